The SMILES string of the molecule is O=C(CCCC[C@@H]1SC[C@@H]2NC(=O)N[C@@H]21)NCCOCCOCCOCCOCCOCCOCCOCCOCCOCCOCCOCCS. The Kier molecular flexibility index (Phi) is 32.4. The van der Waals surface area contributed by atoms with Crippen LogP contribution in [0.3, 0.4) is 0 Å². The van der Waals surface area contributed by atoms with Crippen LogP contribution in [0, 0.1) is 0 Å². The third-order valence-electron chi connectivity index (χ3n) is 7.60. The van der Waals surface area contributed by atoms with Crippen molar-refractivity contribution in [3.05, 3.63) is 0 Å². The number of nitrogens with one attached hydrogen (secondary N) is 3. The van der Waals surface area contributed by atoms with E-state index in [0.717, 1.165) is 25.0 Å². The number of ether oxygens (including phenoxy) is 11. The van der Waals surface area contributed by atoms with Crippen molar-refractivity contribution in [1.82, 2.24) is 16.0 Å². The molecule has 2 rings (SSSR count). The van der Waals surface area contributed by atoms with Crippen LogP contribution in [0.4, 0.5) is 4.79 Å². The Balaban J connectivity index is 1.15. The fraction of sp³-hybridized carbons (Fsp3) is 0.941. The van der Waals surface area contributed by atoms with E-state index in [1.54, 1.807) is 0 Å². The lowest BCUT2D eigenvalue weighted by Crippen LogP contribution is -2.36. The molecule has 0 aromatic rings. The maximum absolute atomic E-state index is 12.0. The minimum atomic E-state index is -0.0603. The summed E-state index contributed by atoms with van der Waals surface area (Å²) in [6.45, 7) is 11.7. The van der Waals surface area contributed by atoms with Crippen molar-refractivity contribution in [2.45, 2.75) is 43.0 Å². The minimum absolute atomic E-state index is 0.0438. The number of carbonyl (C=O) groups excluding carboxylic acids is 2. The van der Waals surface area contributed by atoms with Gasteiger partial charge in [-0.3, -0.25) is 4.79 Å². The maximum atomic E-state index is 12.0. The molecule has 2 aliphatic rings. The predicted octanol–water partition coefficient (Wildman–Crippen LogP) is 0.941. The number of hydrogen-bond donors (Lipinski definition) is 4. The molecule has 0 bridgehead atoms. The van der Waals surface area contributed by atoms with E-state index in [1.165, 1.54) is 0 Å². The lowest BCUT2D eigenvalue weighted by molar-refractivity contribution is -0.121. The minimum Gasteiger partial charge on any atom is -0.378 e. The third kappa shape index (κ3) is 27.6. The largest absolute Gasteiger partial charge is 0.378 e. The Labute approximate surface area is 319 Å². The van der Waals surface area contributed by atoms with Crippen LogP contribution in [0.1, 0.15) is 25.7 Å². The van der Waals surface area contributed by atoms with Crippen molar-refractivity contribution in [1.29, 1.82) is 0 Å². The fourth-order valence-electron chi connectivity index (χ4n) is 4.99. The smallest absolute Gasteiger partial charge is 0.315 e. The molecule has 0 aliphatic carbocycles. The average Bonchev–Trinajstić information content (AvgIpc) is 3.70. The van der Waals surface area contributed by atoms with Crippen LogP contribution in [-0.2, 0) is 56.9 Å². The Morgan fingerprint density at radius 1 is 0.577 bits per heavy atom. The van der Waals surface area contributed by atoms with Crippen molar-refractivity contribution in [3.8, 4) is 0 Å². The second-order valence-corrected chi connectivity index (χ2v) is 13.4. The molecule has 0 aromatic heterocycles. The number of fused-ring (bicyclic) bond motifs is 1. The van der Waals surface area contributed by atoms with E-state index >= 15 is 0 Å². The molecular weight excluding hydrogens is 723 g/mol. The van der Waals surface area contributed by atoms with Crippen LogP contribution in [0.2, 0.25) is 0 Å². The van der Waals surface area contributed by atoms with Crippen LogP contribution < -0.4 is 16.0 Å². The van der Waals surface area contributed by atoms with E-state index in [9.17, 15) is 9.59 Å². The van der Waals surface area contributed by atoms with Gasteiger partial charge in [-0.1, -0.05) is 6.42 Å². The zero-order valence-electron chi connectivity index (χ0n) is 30.9. The monoisotopic (exact) mass is 787 g/mol. The molecule has 52 heavy (non-hydrogen) atoms. The molecule has 3 atom stereocenters. The first-order valence-corrected chi connectivity index (χ1v) is 20.3. The van der Waals surface area contributed by atoms with Crippen molar-refractivity contribution in [3.63, 3.8) is 0 Å². The summed E-state index contributed by atoms with van der Waals surface area (Å²) in [6.07, 6.45) is 3.34. The van der Waals surface area contributed by atoms with Crippen molar-refractivity contribution < 1.29 is 61.7 Å². The Hall–Kier alpha value is -1.00. The number of unbranched alkanes of at least 4 members (excludes halogenated alkanes) is 1. The summed E-state index contributed by atoms with van der Waals surface area (Å²) in [5.41, 5.74) is 0. The number of amides is 3. The highest BCUT2D eigenvalue weighted by molar-refractivity contribution is 8.00. The van der Waals surface area contributed by atoms with Crippen LogP contribution >= 0.6 is 24.4 Å². The summed E-state index contributed by atoms with van der Waals surface area (Å²) in [5.74, 6) is 1.72. The third-order valence-corrected chi connectivity index (χ3v) is 9.30. The first-order chi connectivity index (χ1) is 25.7. The number of carbonyl (C=O) groups is 2. The van der Waals surface area contributed by atoms with Gasteiger partial charge in [-0.2, -0.15) is 24.4 Å². The molecule has 0 saturated carbocycles. The molecule has 18 heteroatoms. The second kappa shape index (κ2) is 35.7. The highest BCUT2D eigenvalue weighted by atomic mass is 32.2. The molecule has 306 valence electrons. The van der Waals surface area contributed by atoms with Crippen LogP contribution in [-0.4, -0.2) is 193 Å². The first kappa shape index (κ1) is 47.2. The number of thiol groups is 1. The fourth-order valence-corrected chi connectivity index (χ4v) is 6.66. The molecule has 2 aliphatic heterocycles. The predicted molar refractivity (Wildman–Crippen MR) is 200 cm³/mol. The molecule has 2 heterocycles. The van der Waals surface area contributed by atoms with Gasteiger partial charge in [0.05, 0.1) is 157 Å². The lowest BCUT2D eigenvalue weighted by atomic mass is 10.0. The topological polar surface area (TPSA) is 172 Å². The van der Waals surface area contributed by atoms with E-state index in [0.29, 0.717) is 169 Å². The van der Waals surface area contributed by atoms with Gasteiger partial charge in [0.2, 0.25) is 5.91 Å². The summed E-state index contributed by atoms with van der Waals surface area (Å²) in [4.78, 5) is 23.5. The van der Waals surface area contributed by atoms with Gasteiger partial charge >= 0.3 is 6.03 Å². The quantitative estimate of drug-likeness (QED) is 0.0393. The summed E-state index contributed by atoms with van der Waals surface area (Å²) >= 11 is 5.97. The molecule has 0 unspecified atom stereocenters. The molecule has 3 amide bonds. The summed E-state index contributed by atoms with van der Waals surface area (Å²) in [6, 6.07) is 0.409. The van der Waals surface area contributed by atoms with E-state index in [4.69, 9.17) is 52.1 Å². The zero-order chi connectivity index (χ0) is 37.0. The van der Waals surface area contributed by atoms with Crippen molar-refractivity contribution in [2.75, 3.05) is 163 Å². The number of hydrogen-bond acceptors (Lipinski definition) is 15. The lowest BCUT2D eigenvalue weighted by Gasteiger charge is -2.16. The molecule has 0 radical (unpaired) electrons. The van der Waals surface area contributed by atoms with Crippen molar-refractivity contribution >= 4 is 36.3 Å². The van der Waals surface area contributed by atoms with Gasteiger partial charge in [0.1, 0.15) is 0 Å². The molecule has 2 saturated heterocycles. The van der Waals surface area contributed by atoms with E-state index in [1.807, 2.05) is 11.8 Å². The van der Waals surface area contributed by atoms with Crippen LogP contribution in [0.5, 0.6) is 0 Å². The number of urea groups is 1. The van der Waals surface area contributed by atoms with Gasteiger partial charge < -0.3 is 68.1 Å². The standard InChI is InChI=1S/C34H65N3O13S2/c38-32(4-2-1-3-31-33-30(29-52-31)36-34(39)37-33)35-5-6-40-7-8-41-9-10-42-11-12-43-13-14-44-15-16-45-17-18-46-19-20-47-21-22-48-23-24-49-25-26-50-27-28-51/h30-31,33,51H,1-29H2,(H,35,38)(H2,36,37,39)/t30-,31-,33-/m0/s1. The van der Waals surface area contributed by atoms with E-state index in [-0.39, 0.29) is 24.0 Å². The van der Waals surface area contributed by atoms with E-state index in [2.05, 4.69) is 28.6 Å². The van der Waals surface area contributed by atoms with Gasteiger partial charge in [0, 0.05) is 29.7 Å². The Morgan fingerprint density at radius 3 is 1.37 bits per heavy atom. The normalized spacial score (nSPS) is 18.1. The summed E-state index contributed by atoms with van der Waals surface area (Å²) in [5, 5.41) is 9.29. The molecule has 0 spiro atoms. The summed E-state index contributed by atoms with van der Waals surface area (Å²) in [7, 11) is 0. The number of rotatable bonds is 40. The Morgan fingerprint density at radius 2 is 0.962 bits per heavy atom. The molecule has 0 aromatic carbocycles. The van der Waals surface area contributed by atoms with Gasteiger partial charge in [-0.15, -0.1) is 0 Å². The highest BCUT2D eigenvalue weighted by Gasteiger charge is 2.42. The van der Waals surface area contributed by atoms with Gasteiger partial charge in [0.25, 0.3) is 0 Å². The van der Waals surface area contributed by atoms with Crippen molar-refractivity contribution in [2.24, 2.45) is 0 Å². The molecule has 2 fully saturated rings. The zero-order valence-corrected chi connectivity index (χ0v) is 32.6. The molecule has 3 N–H and O–H groups in total. The van der Waals surface area contributed by atoms with Crippen LogP contribution in [0.15, 0.2) is 0 Å². The van der Waals surface area contributed by atoms with E-state index < -0.39 is 0 Å². The Bertz CT molecular complexity index is 843. The second-order valence-electron chi connectivity index (χ2n) is 11.7. The van der Waals surface area contributed by atoms with Gasteiger partial charge in [-0.05, 0) is 12.8 Å². The average molecular weight is 788 g/mol. The molecular formula is C34H65N3O13S2. The maximum Gasteiger partial charge on any atom is 0.315 e. The highest BCUT2D eigenvalue weighted by Crippen LogP contribution is 2.33. The van der Waals surface area contributed by atoms with Gasteiger partial charge in [-0.25, -0.2) is 4.79 Å². The molecule has 16 nitrogen and oxygen atoms in total. The summed E-state index contributed by atoms with van der Waals surface area (Å²) < 4.78 is 60.0. The number of thioether (sulfide) groups is 1. The van der Waals surface area contributed by atoms with Crippen LogP contribution in [0.25, 0.3) is 0 Å². The van der Waals surface area contributed by atoms with Gasteiger partial charge in [0.15, 0.2) is 0 Å². The first-order valence-electron chi connectivity index (χ1n) is 18.6.